The Morgan fingerprint density at radius 1 is 1.62 bits per heavy atom. The van der Waals surface area contributed by atoms with Crippen molar-refractivity contribution < 1.29 is 10.2 Å². The summed E-state index contributed by atoms with van der Waals surface area (Å²) in [6.07, 6.45) is 2.16. The second kappa shape index (κ2) is 4.74. The van der Waals surface area contributed by atoms with E-state index >= 15 is 0 Å². The number of aromatic nitrogens is 2. The molecule has 5 heteroatoms. The molecule has 2 atom stereocenters. The van der Waals surface area contributed by atoms with Crippen LogP contribution in [-0.4, -0.2) is 31.2 Å². The van der Waals surface area contributed by atoms with E-state index in [0.29, 0.717) is 17.4 Å². The number of alkyl halides is 1. The van der Waals surface area contributed by atoms with E-state index in [2.05, 4.69) is 20.9 Å². The molecule has 0 fully saturated rings. The van der Waals surface area contributed by atoms with Gasteiger partial charge in [0.1, 0.15) is 6.10 Å². The predicted molar refractivity (Wildman–Crippen MR) is 52.6 cm³/mol. The maximum absolute atomic E-state index is 9.59. The van der Waals surface area contributed by atoms with Crippen LogP contribution in [0.2, 0.25) is 0 Å². The number of hydrogen-bond acceptors (Lipinski definition) is 3. The smallest absolute Gasteiger partial charge is 0.123 e. The topological polar surface area (TPSA) is 58.3 Å². The first kappa shape index (κ1) is 10.7. The van der Waals surface area contributed by atoms with Gasteiger partial charge >= 0.3 is 0 Å². The van der Waals surface area contributed by atoms with Crippen LogP contribution in [0.4, 0.5) is 0 Å². The summed E-state index contributed by atoms with van der Waals surface area (Å²) in [5, 5.41) is 19.7. The van der Waals surface area contributed by atoms with Gasteiger partial charge in [-0.2, -0.15) is 0 Å². The maximum Gasteiger partial charge on any atom is 0.123 e. The molecule has 0 aliphatic carbocycles. The van der Waals surface area contributed by atoms with Crippen LogP contribution >= 0.6 is 15.9 Å². The van der Waals surface area contributed by atoms with Gasteiger partial charge in [0.25, 0.3) is 0 Å². The zero-order chi connectivity index (χ0) is 9.84. The highest BCUT2D eigenvalue weighted by atomic mass is 79.9. The summed E-state index contributed by atoms with van der Waals surface area (Å²) in [6.45, 7) is 0. The van der Waals surface area contributed by atoms with Crippen molar-refractivity contribution in [3.8, 4) is 0 Å². The number of imidazole rings is 1. The van der Waals surface area contributed by atoms with E-state index in [0.717, 1.165) is 0 Å². The lowest BCUT2D eigenvalue weighted by atomic mass is 10.1. The Hall–Kier alpha value is -0.390. The fraction of sp³-hybridized carbons (Fsp3) is 0.625. The van der Waals surface area contributed by atoms with Crippen LogP contribution in [0.5, 0.6) is 0 Å². The van der Waals surface area contributed by atoms with Gasteiger partial charge in [-0.15, -0.1) is 0 Å². The van der Waals surface area contributed by atoms with Gasteiger partial charge in [0.05, 0.1) is 18.1 Å². The first-order valence-corrected chi connectivity index (χ1v) is 5.17. The quantitative estimate of drug-likeness (QED) is 0.768. The predicted octanol–water partition coefficient (Wildman–Crippen LogP) is 0.599. The fourth-order valence-corrected chi connectivity index (χ4v) is 1.52. The molecule has 0 amide bonds. The highest BCUT2D eigenvalue weighted by molar-refractivity contribution is 9.09. The third-order valence-corrected chi connectivity index (χ3v) is 2.26. The molecule has 0 radical (unpaired) electrons. The van der Waals surface area contributed by atoms with Crippen molar-refractivity contribution >= 4 is 15.9 Å². The first-order valence-electron chi connectivity index (χ1n) is 4.05. The normalized spacial score (nSPS) is 15.7. The first-order chi connectivity index (χ1) is 6.15. The zero-order valence-electron chi connectivity index (χ0n) is 7.39. The Kier molecular flexibility index (Phi) is 3.90. The van der Waals surface area contributed by atoms with E-state index in [-0.39, 0.29) is 0 Å². The average Bonchev–Trinajstić information content (AvgIpc) is 2.51. The van der Waals surface area contributed by atoms with Crippen LogP contribution in [0.15, 0.2) is 12.5 Å². The molecule has 1 aromatic heterocycles. The molecule has 0 aliphatic heterocycles. The zero-order valence-corrected chi connectivity index (χ0v) is 8.98. The molecule has 1 rings (SSSR count). The van der Waals surface area contributed by atoms with Crippen molar-refractivity contribution in [3.63, 3.8) is 0 Å². The Morgan fingerprint density at radius 3 is 2.77 bits per heavy atom. The summed E-state index contributed by atoms with van der Waals surface area (Å²) in [7, 11) is 1.82. The van der Waals surface area contributed by atoms with Crippen molar-refractivity contribution in [1.29, 1.82) is 0 Å². The van der Waals surface area contributed by atoms with Gasteiger partial charge in [0.2, 0.25) is 0 Å². The molecule has 0 bridgehead atoms. The van der Waals surface area contributed by atoms with Crippen molar-refractivity contribution in [1.82, 2.24) is 9.55 Å². The van der Waals surface area contributed by atoms with Gasteiger partial charge in [0.15, 0.2) is 0 Å². The minimum atomic E-state index is -0.890. The molecule has 2 N–H and O–H groups in total. The number of rotatable bonds is 4. The number of aliphatic hydroxyl groups excluding tert-OH is 2. The second-order valence-corrected chi connectivity index (χ2v) is 3.75. The molecule has 0 aromatic carbocycles. The molecule has 74 valence electrons. The lowest BCUT2D eigenvalue weighted by molar-refractivity contribution is 0.0150. The minimum absolute atomic E-state index is 0.510. The van der Waals surface area contributed by atoms with Gasteiger partial charge in [-0.05, 0) is 6.42 Å². The van der Waals surface area contributed by atoms with Crippen molar-refractivity contribution in [2.45, 2.75) is 18.6 Å². The van der Waals surface area contributed by atoms with Crippen LogP contribution in [0.25, 0.3) is 0 Å². The molecule has 0 aliphatic rings. The van der Waals surface area contributed by atoms with Crippen molar-refractivity contribution in [2.75, 3.05) is 5.33 Å². The van der Waals surface area contributed by atoms with Crippen LogP contribution in [0.1, 0.15) is 18.2 Å². The van der Waals surface area contributed by atoms with Gasteiger partial charge in [-0.3, -0.25) is 0 Å². The Balaban J connectivity index is 2.61. The van der Waals surface area contributed by atoms with Crippen LogP contribution in [0.3, 0.4) is 0 Å². The summed E-state index contributed by atoms with van der Waals surface area (Å²) >= 11 is 3.20. The Labute approximate surface area is 85.4 Å². The summed E-state index contributed by atoms with van der Waals surface area (Å²) in [4.78, 5) is 3.96. The van der Waals surface area contributed by atoms with E-state index in [9.17, 15) is 10.2 Å². The third-order valence-electron chi connectivity index (χ3n) is 1.80. The molecular weight excluding hydrogens is 236 g/mol. The lowest BCUT2D eigenvalue weighted by Gasteiger charge is -2.14. The number of nitrogens with zero attached hydrogens (tertiary/aromatic N) is 2. The molecule has 4 nitrogen and oxygen atoms in total. The van der Waals surface area contributed by atoms with E-state index in [4.69, 9.17) is 0 Å². The average molecular weight is 249 g/mol. The molecule has 1 aromatic rings. The van der Waals surface area contributed by atoms with E-state index in [1.54, 1.807) is 17.1 Å². The molecule has 0 spiro atoms. The third kappa shape index (κ3) is 2.79. The largest absolute Gasteiger partial charge is 0.390 e. The monoisotopic (exact) mass is 248 g/mol. The van der Waals surface area contributed by atoms with Gasteiger partial charge in [0, 0.05) is 18.6 Å². The summed E-state index contributed by atoms with van der Waals surface area (Å²) < 4.78 is 1.74. The maximum atomic E-state index is 9.59. The number of hydrogen-bond donors (Lipinski definition) is 2. The SMILES string of the molecule is Cn1cnc(C(O)C(O)CCBr)c1. The van der Waals surface area contributed by atoms with Gasteiger partial charge in [-0.25, -0.2) is 4.98 Å². The number of halogens is 1. The molecule has 13 heavy (non-hydrogen) atoms. The molecule has 2 unspecified atom stereocenters. The van der Waals surface area contributed by atoms with Gasteiger partial charge < -0.3 is 14.8 Å². The van der Waals surface area contributed by atoms with Crippen molar-refractivity contribution in [3.05, 3.63) is 18.2 Å². The van der Waals surface area contributed by atoms with E-state index in [1.807, 2.05) is 7.05 Å². The fourth-order valence-electron chi connectivity index (χ4n) is 1.05. The molecule has 0 saturated heterocycles. The van der Waals surface area contributed by atoms with Crippen LogP contribution < -0.4 is 0 Å². The van der Waals surface area contributed by atoms with E-state index < -0.39 is 12.2 Å². The summed E-state index contributed by atoms with van der Waals surface area (Å²) in [5.41, 5.74) is 0.510. The van der Waals surface area contributed by atoms with Crippen molar-refractivity contribution in [2.24, 2.45) is 7.05 Å². The standard InChI is InChI=1S/C8H13BrN2O2/c1-11-4-6(10-5-11)8(13)7(12)2-3-9/h4-5,7-8,12-13H,2-3H2,1H3. The highest BCUT2D eigenvalue weighted by Crippen LogP contribution is 2.16. The molecular formula is C8H13BrN2O2. The molecule has 1 heterocycles. The van der Waals surface area contributed by atoms with Crippen LogP contribution in [-0.2, 0) is 7.05 Å². The number of aliphatic hydroxyl groups is 2. The van der Waals surface area contributed by atoms with Crippen LogP contribution in [0, 0.1) is 0 Å². The van der Waals surface area contributed by atoms with Gasteiger partial charge in [-0.1, -0.05) is 15.9 Å². The number of aryl methyl sites for hydroxylation is 1. The Morgan fingerprint density at radius 2 is 2.31 bits per heavy atom. The summed E-state index contributed by atoms with van der Waals surface area (Å²) in [6, 6.07) is 0. The Bertz CT molecular complexity index is 264. The summed E-state index contributed by atoms with van der Waals surface area (Å²) in [5.74, 6) is 0. The second-order valence-electron chi connectivity index (χ2n) is 2.95. The molecule has 0 saturated carbocycles. The lowest BCUT2D eigenvalue weighted by Crippen LogP contribution is -2.18. The van der Waals surface area contributed by atoms with E-state index in [1.165, 1.54) is 0 Å². The minimum Gasteiger partial charge on any atom is -0.390 e. The highest BCUT2D eigenvalue weighted by Gasteiger charge is 2.19.